The fraction of sp³-hybridized carbons (Fsp3) is 0.333. The Morgan fingerprint density at radius 2 is 2.19 bits per heavy atom. The first-order chi connectivity index (χ1) is 7.76. The first-order valence-corrected chi connectivity index (χ1v) is 5.19. The highest BCUT2D eigenvalue weighted by Gasteiger charge is 2.21. The third-order valence-electron chi connectivity index (χ3n) is 2.80. The van der Waals surface area contributed by atoms with E-state index in [0.717, 1.165) is 24.2 Å². The van der Waals surface area contributed by atoms with Crippen LogP contribution in [-0.2, 0) is 6.42 Å². The van der Waals surface area contributed by atoms with Gasteiger partial charge in [0.2, 0.25) is 5.78 Å². The van der Waals surface area contributed by atoms with Crippen LogP contribution >= 0.6 is 0 Å². The van der Waals surface area contributed by atoms with Crippen molar-refractivity contribution in [1.82, 2.24) is 0 Å². The molecule has 0 atom stereocenters. The lowest BCUT2D eigenvalue weighted by Crippen LogP contribution is -2.13. The molecule has 16 heavy (non-hydrogen) atoms. The van der Waals surface area contributed by atoms with E-state index in [1.807, 2.05) is 6.07 Å². The van der Waals surface area contributed by atoms with E-state index in [9.17, 15) is 4.79 Å². The Labute approximate surface area is 93.5 Å². The summed E-state index contributed by atoms with van der Waals surface area (Å²) >= 11 is 0. The molecule has 1 aromatic rings. The second-order valence-electron chi connectivity index (χ2n) is 3.75. The molecular weight excluding hydrogens is 206 g/mol. The van der Waals surface area contributed by atoms with E-state index in [1.54, 1.807) is 19.2 Å². The number of rotatable bonds is 1. The summed E-state index contributed by atoms with van der Waals surface area (Å²) < 4.78 is 5.12. The number of methoxy groups -OCH3 is 1. The van der Waals surface area contributed by atoms with Crippen molar-refractivity contribution in [3.63, 3.8) is 0 Å². The third-order valence-corrected chi connectivity index (χ3v) is 2.80. The number of oxime groups is 1. The lowest BCUT2D eigenvalue weighted by Gasteiger charge is -2.06. The Hall–Kier alpha value is -1.84. The predicted molar refractivity (Wildman–Crippen MR) is 59.5 cm³/mol. The van der Waals surface area contributed by atoms with Crippen molar-refractivity contribution >= 4 is 11.5 Å². The van der Waals surface area contributed by atoms with Crippen molar-refractivity contribution in [2.45, 2.75) is 19.3 Å². The van der Waals surface area contributed by atoms with Crippen LogP contribution in [0.3, 0.4) is 0 Å². The molecule has 0 spiro atoms. The highest BCUT2D eigenvalue weighted by molar-refractivity contribution is 6.46. The van der Waals surface area contributed by atoms with Crippen molar-refractivity contribution in [1.29, 1.82) is 0 Å². The molecule has 1 aliphatic carbocycles. The molecule has 1 aromatic carbocycles. The van der Waals surface area contributed by atoms with Crippen LogP contribution in [0, 0.1) is 0 Å². The molecule has 4 heteroatoms. The molecule has 0 bridgehead atoms. The quantitative estimate of drug-likeness (QED) is 0.446. The van der Waals surface area contributed by atoms with Crippen LogP contribution in [0.5, 0.6) is 5.75 Å². The predicted octanol–water partition coefficient (Wildman–Crippen LogP) is 2.04. The summed E-state index contributed by atoms with van der Waals surface area (Å²) in [4.78, 5) is 11.9. The monoisotopic (exact) mass is 219 g/mol. The topological polar surface area (TPSA) is 58.9 Å². The van der Waals surface area contributed by atoms with Crippen molar-refractivity contribution in [3.8, 4) is 5.75 Å². The van der Waals surface area contributed by atoms with Gasteiger partial charge in [0, 0.05) is 5.56 Å². The van der Waals surface area contributed by atoms with Crippen LogP contribution in [0.2, 0.25) is 0 Å². The molecular formula is C12H13NO3. The maximum Gasteiger partial charge on any atom is 0.210 e. The minimum atomic E-state index is -0.183. The Bertz CT molecular complexity index is 452. The molecule has 0 heterocycles. The molecule has 0 saturated carbocycles. The number of benzene rings is 1. The lowest BCUT2D eigenvalue weighted by atomic mass is 10.0. The average molecular weight is 219 g/mol. The summed E-state index contributed by atoms with van der Waals surface area (Å²) in [6.45, 7) is 0. The van der Waals surface area contributed by atoms with Gasteiger partial charge in [-0.15, -0.1) is 0 Å². The molecule has 2 rings (SSSR count). The molecule has 1 N–H and O–H groups in total. The maximum absolute atomic E-state index is 11.9. The number of carbonyl (C=O) groups excluding carboxylic acids is 1. The van der Waals surface area contributed by atoms with E-state index in [2.05, 4.69) is 5.16 Å². The van der Waals surface area contributed by atoms with Gasteiger partial charge < -0.3 is 9.94 Å². The van der Waals surface area contributed by atoms with Gasteiger partial charge in [0.15, 0.2) is 0 Å². The molecule has 0 radical (unpaired) electrons. The van der Waals surface area contributed by atoms with Crippen LogP contribution in [0.1, 0.15) is 28.8 Å². The van der Waals surface area contributed by atoms with Gasteiger partial charge in [-0.25, -0.2) is 0 Å². The van der Waals surface area contributed by atoms with Crippen LogP contribution in [-0.4, -0.2) is 23.8 Å². The summed E-state index contributed by atoms with van der Waals surface area (Å²) in [7, 11) is 1.60. The van der Waals surface area contributed by atoms with Gasteiger partial charge >= 0.3 is 0 Å². The minimum absolute atomic E-state index is 0.183. The highest BCUT2D eigenvalue weighted by Crippen LogP contribution is 2.23. The number of nitrogens with zero attached hydrogens (tertiary/aromatic N) is 1. The summed E-state index contributed by atoms with van der Waals surface area (Å²) in [6.07, 6.45) is 2.13. The zero-order chi connectivity index (χ0) is 11.5. The maximum atomic E-state index is 11.9. The number of hydrogen-bond donors (Lipinski definition) is 1. The van der Waals surface area contributed by atoms with Gasteiger partial charge in [0.1, 0.15) is 11.5 Å². The van der Waals surface area contributed by atoms with E-state index in [0.29, 0.717) is 12.0 Å². The number of ketones is 1. The normalized spacial score (nSPS) is 18.1. The SMILES string of the molecule is COc1ccc2c(c1)CCC/C(=N/O)C2=O. The van der Waals surface area contributed by atoms with Crippen molar-refractivity contribution in [2.75, 3.05) is 7.11 Å². The molecule has 84 valence electrons. The summed E-state index contributed by atoms with van der Waals surface area (Å²) in [5, 5.41) is 11.8. The second kappa shape index (κ2) is 4.35. The zero-order valence-corrected chi connectivity index (χ0v) is 9.06. The van der Waals surface area contributed by atoms with E-state index in [1.165, 1.54) is 0 Å². The fourth-order valence-corrected chi connectivity index (χ4v) is 1.94. The molecule has 0 fully saturated rings. The zero-order valence-electron chi connectivity index (χ0n) is 9.06. The van der Waals surface area contributed by atoms with E-state index in [4.69, 9.17) is 9.94 Å². The van der Waals surface area contributed by atoms with Crippen molar-refractivity contribution in [2.24, 2.45) is 5.16 Å². The number of Topliss-reactive ketones (excluding diaryl/α,β-unsaturated/α-hetero) is 1. The van der Waals surface area contributed by atoms with Crippen LogP contribution in [0.25, 0.3) is 0 Å². The molecule has 0 aliphatic heterocycles. The van der Waals surface area contributed by atoms with Crippen LogP contribution < -0.4 is 4.74 Å². The van der Waals surface area contributed by atoms with Gasteiger partial charge in [-0.1, -0.05) is 5.16 Å². The van der Waals surface area contributed by atoms with E-state index < -0.39 is 0 Å². The van der Waals surface area contributed by atoms with Crippen LogP contribution in [0.15, 0.2) is 23.4 Å². The summed E-state index contributed by atoms with van der Waals surface area (Å²) in [5.74, 6) is 0.564. The minimum Gasteiger partial charge on any atom is -0.497 e. The smallest absolute Gasteiger partial charge is 0.210 e. The molecule has 0 aromatic heterocycles. The number of carbonyl (C=O) groups is 1. The first-order valence-electron chi connectivity index (χ1n) is 5.19. The lowest BCUT2D eigenvalue weighted by molar-refractivity contribution is 0.106. The second-order valence-corrected chi connectivity index (χ2v) is 3.75. The van der Waals surface area contributed by atoms with E-state index >= 15 is 0 Å². The van der Waals surface area contributed by atoms with Gasteiger partial charge in [-0.05, 0) is 43.0 Å². The van der Waals surface area contributed by atoms with Gasteiger partial charge in [0.05, 0.1) is 7.11 Å². The van der Waals surface area contributed by atoms with E-state index in [-0.39, 0.29) is 11.5 Å². The average Bonchev–Trinajstić information content (AvgIpc) is 2.48. The molecule has 4 nitrogen and oxygen atoms in total. The van der Waals surface area contributed by atoms with Crippen LogP contribution in [0.4, 0.5) is 0 Å². The van der Waals surface area contributed by atoms with Crippen molar-refractivity contribution < 1.29 is 14.7 Å². The standard InChI is InChI=1S/C12H13NO3/c1-16-9-5-6-10-8(7-9)3-2-4-11(13-15)12(10)14/h5-7,15H,2-4H2,1H3/b13-11-. The van der Waals surface area contributed by atoms with Gasteiger partial charge in [-0.2, -0.15) is 0 Å². The number of ether oxygens (including phenoxy) is 1. The molecule has 1 aliphatic rings. The number of hydrogen-bond acceptors (Lipinski definition) is 4. The Balaban J connectivity index is 2.47. The highest BCUT2D eigenvalue weighted by atomic mass is 16.5. The molecule has 0 amide bonds. The number of aryl methyl sites for hydroxylation is 1. The molecule has 0 unspecified atom stereocenters. The van der Waals surface area contributed by atoms with Gasteiger partial charge in [0.25, 0.3) is 0 Å². The third kappa shape index (κ3) is 1.78. The Morgan fingerprint density at radius 3 is 2.88 bits per heavy atom. The summed E-state index contributed by atoms with van der Waals surface area (Å²) in [6, 6.07) is 5.34. The Kier molecular flexibility index (Phi) is 2.90. The fourth-order valence-electron chi connectivity index (χ4n) is 1.94. The van der Waals surface area contributed by atoms with Gasteiger partial charge in [-0.3, -0.25) is 4.79 Å². The van der Waals surface area contributed by atoms with Crippen molar-refractivity contribution in [3.05, 3.63) is 29.3 Å². The summed E-state index contributed by atoms with van der Waals surface area (Å²) in [5.41, 5.74) is 1.82. The molecule has 0 saturated heterocycles. The Morgan fingerprint density at radius 1 is 1.38 bits per heavy atom. The first kappa shape index (κ1) is 10.7. The largest absolute Gasteiger partial charge is 0.497 e. The number of fused-ring (bicyclic) bond motifs is 1.